The van der Waals surface area contributed by atoms with E-state index in [1.54, 1.807) is 0 Å². The molecule has 20 heavy (non-hydrogen) atoms. The first-order chi connectivity index (χ1) is 9.49. The fourth-order valence-corrected chi connectivity index (χ4v) is 2.70. The number of morpholine rings is 1. The van der Waals surface area contributed by atoms with Gasteiger partial charge in [0.1, 0.15) is 0 Å². The van der Waals surface area contributed by atoms with Crippen LogP contribution in [0.15, 0.2) is 18.2 Å². The highest BCUT2D eigenvalue weighted by Crippen LogP contribution is 2.15. The summed E-state index contributed by atoms with van der Waals surface area (Å²) in [4.78, 5) is 14.3. The van der Waals surface area contributed by atoms with E-state index in [0.29, 0.717) is 25.4 Å². The Kier molecular flexibility index (Phi) is 5.06. The largest absolute Gasteiger partial charge is 0.370 e. The summed E-state index contributed by atoms with van der Waals surface area (Å²) >= 11 is 5.85. The second-order valence-electron chi connectivity index (χ2n) is 5.62. The van der Waals surface area contributed by atoms with Crippen LogP contribution in [0.3, 0.4) is 0 Å². The van der Waals surface area contributed by atoms with Gasteiger partial charge in [-0.25, -0.2) is 0 Å². The van der Waals surface area contributed by atoms with Crippen molar-refractivity contribution in [2.24, 2.45) is 0 Å². The van der Waals surface area contributed by atoms with Crippen LogP contribution in [0.25, 0.3) is 0 Å². The minimum absolute atomic E-state index is 0.0517. The maximum absolute atomic E-state index is 12.4. The number of nitrogens with zero attached hydrogens (tertiary/aromatic N) is 1. The van der Waals surface area contributed by atoms with Gasteiger partial charge in [0.05, 0.1) is 24.5 Å². The van der Waals surface area contributed by atoms with Crippen LogP contribution in [0, 0.1) is 13.8 Å². The molecular weight excluding hydrogens is 274 g/mol. The Hall–Kier alpha value is -1.06. The molecule has 0 aromatic heterocycles. The number of alkyl halides is 1. The Bertz CT molecular complexity index is 489. The van der Waals surface area contributed by atoms with E-state index in [-0.39, 0.29) is 18.1 Å². The second-order valence-corrected chi connectivity index (χ2v) is 5.93. The maximum atomic E-state index is 12.4. The number of amides is 1. The molecule has 3 nitrogen and oxygen atoms in total. The molecule has 1 aromatic rings. The van der Waals surface area contributed by atoms with Gasteiger partial charge in [-0.2, -0.15) is 0 Å². The van der Waals surface area contributed by atoms with E-state index >= 15 is 0 Å². The van der Waals surface area contributed by atoms with Crippen LogP contribution in [0.5, 0.6) is 0 Å². The van der Waals surface area contributed by atoms with Crippen LogP contribution >= 0.6 is 11.6 Å². The average molecular weight is 296 g/mol. The van der Waals surface area contributed by atoms with Gasteiger partial charge in [-0.1, -0.05) is 18.2 Å². The Morgan fingerprint density at radius 2 is 2.10 bits per heavy atom. The topological polar surface area (TPSA) is 29.5 Å². The molecule has 1 aliphatic heterocycles. The molecule has 2 atom stereocenters. The van der Waals surface area contributed by atoms with Crippen LogP contribution in [-0.2, 0) is 16.0 Å². The van der Waals surface area contributed by atoms with Gasteiger partial charge in [-0.15, -0.1) is 11.6 Å². The molecule has 0 saturated carbocycles. The van der Waals surface area contributed by atoms with E-state index in [0.717, 1.165) is 5.56 Å². The summed E-state index contributed by atoms with van der Waals surface area (Å²) in [5.41, 5.74) is 3.55. The normalized spacial score (nSPS) is 22.9. The standard InChI is InChI=1S/C16H22ClNO2/c1-11-4-5-14(6-12(11)2)7-16(19)18-9-13(3)20-15(8-17)10-18/h4-6,13,15H,7-10H2,1-3H3. The summed E-state index contributed by atoms with van der Waals surface area (Å²) in [5.74, 6) is 0.580. The lowest BCUT2D eigenvalue weighted by Gasteiger charge is -2.36. The molecule has 1 saturated heterocycles. The third kappa shape index (κ3) is 3.74. The molecule has 0 radical (unpaired) electrons. The van der Waals surface area contributed by atoms with Crippen LogP contribution in [0.2, 0.25) is 0 Å². The average Bonchev–Trinajstić information content (AvgIpc) is 2.42. The smallest absolute Gasteiger partial charge is 0.227 e. The number of rotatable bonds is 3. The molecule has 2 rings (SSSR count). The molecule has 1 aromatic carbocycles. The van der Waals surface area contributed by atoms with Crippen molar-refractivity contribution < 1.29 is 9.53 Å². The van der Waals surface area contributed by atoms with Gasteiger partial charge in [0.15, 0.2) is 0 Å². The van der Waals surface area contributed by atoms with E-state index in [1.165, 1.54) is 11.1 Å². The molecule has 2 unspecified atom stereocenters. The van der Waals surface area contributed by atoms with Gasteiger partial charge in [0.25, 0.3) is 0 Å². The highest BCUT2D eigenvalue weighted by Gasteiger charge is 2.27. The van der Waals surface area contributed by atoms with E-state index in [1.807, 2.05) is 17.9 Å². The molecule has 1 amide bonds. The third-order valence-electron chi connectivity index (χ3n) is 3.78. The molecule has 1 heterocycles. The lowest BCUT2D eigenvalue weighted by molar-refractivity contribution is -0.142. The van der Waals surface area contributed by atoms with Crippen LogP contribution in [-0.4, -0.2) is 42.0 Å². The lowest BCUT2D eigenvalue weighted by Crippen LogP contribution is -2.50. The summed E-state index contributed by atoms with van der Waals surface area (Å²) < 4.78 is 5.68. The number of hydrogen-bond acceptors (Lipinski definition) is 2. The van der Waals surface area contributed by atoms with Gasteiger partial charge < -0.3 is 9.64 Å². The highest BCUT2D eigenvalue weighted by molar-refractivity contribution is 6.18. The number of aryl methyl sites for hydroxylation is 2. The van der Waals surface area contributed by atoms with Crippen molar-refractivity contribution in [2.45, 2.75) is 39.4 Å². The highest BCUT2D eigenvalue weighted by atomic mass is 35.5. The molecular formula is C16H22ClNO2. The lowest BCUT2D eigenvalue weighted by atomic mass is 10.0. The monoisotopic (exact) mass is 295 g/mol. The Labute approximate surface area is 125 Å². The molecule has 0 aliphatic carbocycles. The minimum Gasteiger partial charge on any atom is -0.370 e. The van der Waals surface area contributed by atoms with Crippen molar-refractivity contribution in [3.63, 3.8) is 0 Å². The van der Waals surface area contributed by atoms with E-state index in [4.69, 9.17) is 16.3 Å². The number of carbonyl (C=O) groups is 1. The fraction of sp³-hybridized carbons (Fsp3) is 0.562. The summed E-state index contributed by atoms with van der Waals surface area (Å²) in [7, 11) is 0. The van der Waals surface area contributed by atoms with Crippen molar-refractivity contribution in [1.82, 2.24) is 4.90 Å². The zero-order valence-electron chi connectivity index (χ0n) is 12.4. The Morgan fingerprint density at radius 3 is 2.75 bits per heavy atom. The maximum Gasteiger partial charge on any atom is 0.227 e. The molecule has 0 N–H and O–H groups in total. The number of hydrogen-bond donors (Lipinski definition) is 0. The zero-order valence-corrected chi connectivity index (χ0v) is 13.1. The van der Waals surface area contributed by atoms with Gasteiger partial charge in [-0.05, 0) is 37.5 Å². The molecule has 4 heteroatoms. The first-order valence-electron chi connectivity index (χ1n) is 7.05. The van der Waals surface area contributed by atoms with E-state index in [9.17, 15) is 4.79 Å². The number of carbonyl (C=O) groups excluding carboxylic acids is 1. The van der Waals surface area contributed by atoms with Gasteiger partial charge >= 0.3 is 0 Å². The SMILES string of the molecule is Cc1ccc(CC(=O)N2CC(C)OC(CCl)C2)cc1C. The van der Waals surface area contributed by atoms with Crippen molar-refractivity contribution >= 4 is 17.5 Å². The van der Waals surface area contributed by atoms with E-state index in [2.05, 4.69) is 26.0 Å². The predicted molar refractivity (Wildman–Crippen MR) is 81.3 cm³/mol. The Balaban J connectivity index is 2.01. The summed E-state index contributed by atoms with van der Waals surface area (Å²) in [6.45, 7) is 7.38. The molecule has 0 bridgehead atoms. The second kappa shape index (κ2) is 6.59. The van der Waals surface area contributed by atoms with Crippen molar-refractivity contribution in [2.75, 3.05) is 19.0 Å². The number of halogens is 1. The Morgan fingerprint density at radius 1 is 1.35 bits per heavy atom. The molecule has 0 spiro atoms. The number of ether oxygens (including phenoxy) is 1. The molecule has 110 valence electrons. The third-order valence-corrected chi connectivity index (χ3v) is 4.12. The van der Waals surface area contributed by atoms with E-state index < -0.39 is 0 Å². The minimum atomic E-state index is -0.0517. The fourth-order valence-electron chi connectivity index (χ4n) is 2.53. The van der Waals surface area contributed by atoms with Crippen LogP contribution < -0.4 is 0 Å². The summed E-state index contributed by atoms with van der Waals surface area (Å²) in [6.07, 6.45) is 0.448. The molecule has 1 fully saturated rings. The number of benzene rings is 1. The van der Waals surface area contributed by atoms with Crippen molar-refractivity contribution in [3.8, 4) is 0 Å². The van der Waals surface area contributed by atoms with Crippen molar-refractivity contribution in [1.29, 1.82) is 0 Å². The first kappa shape index (κ1) is 15.3. The van der Waals surface area contributed by atoms with Crippen molar-refractivity contribution in [3.05, 3.63) is 34.9 Å². The van der Waals surface area contributed by atoms with Gasteiger partial charge in [0.2, 0.25) is 5.91 Å². The summed E-state index contributed by atoms with van der Waals surface area (Å²) in [6, 6.07) is 6.20. The van der Waals surface area contributed by atoms with Gasteiger partial charge in [0, 0.05) is 13.1 Å². The van der Waals surface area contributed by atoms with Crippen LogP contribution in [0.1, 0.15) is 23.6 Å². The van der Waals surface area contributed by atoms with Gasteiger partial charge in [-0.3, -0.25) is 4.79 Å². The van der Waals surface area contributed by atoms with Crippen LogP contribution in [0.4, 0.5) is 0 Å². The first-order valence-corrected chi connectivity index (χ1v) is 7.58. The quantitative estimate of drug-likeness (QED) is 0.803. The predicted octanol–water partition coefficient (Wildman–Crippen LogP) is 2.70. The summed E-state index contributed by atoms with van der Waals surface area (Å²) in [5, 5.41) is 0. The molecule has 1 aliphatic rings. The zero-order chi connectivity index (χ0) is 14.7.